The molecular formula is C18H24N2O4S2. The lowest BCUT2D eigenvalue weighted by Crippen LogP contribution is -2.34. The van der Waals surface area contributed by atoms with E-state index in [1.165, 1.54) is 11.6 Å². The van der Waals surface area contributed by atoms with Gasteiger partial charge in [-0.1, -0.05) is 31.2 Å². The number of hydrogen-bond acceptors (Lipinski definition) is 5. The molecular weight excluding hydrogens is 372 g/mol. The number of likely N-dealkylation sites (N-methyl/N-ethyl adjacent to an activating group) is 1. The van der Waals surface area contributed by atoms with E-state index in [0.717, 1.165) is 23.3 Å². The summed E-state index contributed by atoms with van der Waals surface area (Å²) in [7, 11) is 0.135. The van der Waals surface area contributed by atoms with Crippen LogP contribution in [-0.2, 0) is 27.7 Å². The SMILES string of the molecule is CCc1ccc(C(CNS(=O)(=O)c2ccc(CC(=O)O)s2)N(C)C)cc1. The number of aliphatic carboxylic acids is 1. The summed E-state index contributed by atoms with van der Waals surface area (Å²) in [6.07, 6.45) is 0.779. The molecule has 2 rings (SSSR count). The summed E-state index contributed by atoms with van der Waals surface area (Å²) in [5.41, 5.74) is 2.27. The van der Waals surface area contributed by atoms with Crippen LogP contribution >= 0.6 is 11.3 Å². The number of sulfonamides is 1. The van der Waals surface area contributed by atoms with Crippen molar-refractivity contribution in [3.8, 4) is 0 Å². The smallest absolute Gasteiger partial charge is 0.308 e. The molecule has 2 N–H and O–H groups in total. The Kier molecular flexibility index (Phi) is 6.94. The maximum Gasteiger partial charge on any atom is 0.308 e. The molecule has 2 aromatic rings. The Morgan fingerprint density at radius 3 is 2.38 bits per heavy atom. The maximum absolute atomic E-state index is 12.5. The Bertz CT molecular complexity index is 842. The van der Waals surface area contributed by atoms with Crippen LogP contribution in [0.3, 0.4) is 0 Å². The second-order valence-electron chi connectivity index (χ2n) is 6.22. The number of nitrogens with zero attached hydrogens (tertiary/aromatic N) is 1. The predicted octanol–water partition coefficient (Wildman–Crippen LogP) is 2.52. The Hall–Kier alpha value is -1.74. The van der Waals surface area contributed by atoms with Gasteiger partial charge in [0.25, 0.3) is 0 Å². The van der Waals surface area contributed by atoms with E-state index in [1.807, 2.05) is 31.1 Å². The number of carbonyl (C=O) groups is 1. The minimum atomic E-state index is -3.68. The lowest BCUT2D eigenvalue weighted by molar-refractivity contribution is -0.136. The fourth-order valence-electron chi connectivity index (χ4n) is 2.58. The fraction of sp³-hybridized carbons (Fsp3) is 0.389. The fourth-order valence-corrected chi connectivity index (χ4v) is 5.01. The summed E-state index contributed by atoms with van der Waals surface area (Å²) in [5, 5.41) is 8.82. The summed E-state index contributed by atoms with van der Waals surface area (Å²) in [6.45, 7) is 2.32. The second kappa shape index (κ2) is 8.77. The number of rotatable bonds is 9. The summed E-state index contributed by atoms with van der Waals surface area (Å²) in [5.74, 6) is -0.980. The highest BCUT2D eigenvalue weighted by atomic mass is 32.2. The van der Waals surface area contributed by atoms with Crippen LogP contribution in [0, 0.1) is 0 Å². The molecule has 0 fully saturated rings. The Balaban J connectivity index is 2.11. The van der Waals surface area contributed by atoms with E-state index in [1.54, 1.807) is 6.07 Å². The van der Waals surface area contributed by atoms with E-state index in [2.05, 4.69) is 23.8 Å². The molecule has 1 aromatic carbocycles. The van der Waals surface area contributed by atoms with Crippen LogP contribution in [0.15, 0.2) is 40.6 Å². The third kappa shape index (κ3) is 5.38. The first kappa shape index (κ1) is 20.6. The highest BCUT2D eigenvalue weighted by Crippen LogP contribution is 2.23. The lowest BCUT2D eigenvalue weighted by Gasteiger charge is -2.25. The monoisotopic (exact) mass is 396 g/mol. The van der Waals surface area contributed by atoms with E-state index >= 15 is 0 Å². The van der Waals surface area contributed by atoms with Gasteiger partial charge in [-0.3, -0.25) is 4.79 Å². The molecule has 0 bridgehead atoms. The van der Waals surface area contributed by atoms with Crippen LogP contribution in [0.2, 0.25) is 0 Å². The van der Waals surface area contributed by atoms with Gasteiger partial charge in [0, 0.05) is 17.5 Å². The molecule has 0 aliphatic carbocycles. The minimum absolute atomic E-state index is 0.103. The van der Waals surface area contributed by atoms with Crippen molar-refractivity contribution in [3.05, 3.63) is 52.4 Å². The van der Waals surface area contributed by atoms with Gasteiger partial charge in [0.1, 0.15) is 4.21 Å². The molecule has 0 aliphatic heterocycles. The molecule has 0 spiro atoms. The van der Waals surface area contributed by atoms with Crippen LogP contribution in [0.1, 0.15) is 29.0 Å². The number of hydrogen-bond donors (Lipinski definition) is 2. The van der Waals surface area contributed by atoms with E-state index in [4.69, 9.17) is 5.11 Å². The van der Waals surface area contributed by atoms with Gasteiger partial charge in [0.2, 0.25) is 10.0 Å². The van der Waals surface area contributed by atoms with Crippen molar-refractivity contribution in [1.82, 2.24) is 9.62 Å². The maximum atomic E-state index is 12.5. The third-order valence-electron chi connectivity index (χ3n) is 4.09. The number of nitrogens with one attached hydrogen (secondary N) is 1. The average Bonchev–Trinajstić information content (AvgIpc) is 3.04. The highest BCUT2D eigenvalue weighted by Gasteiger charge is 2.21. The zero-order chi connectivity index (χ0) is 19.3. The zero-order valence-corrected chi connectivity index (χ0v) is 16.7. The van der Waals surface area contributed by atoms with Gasteiger partial charge in [-0.25, -0.2) is 13.1 Å². The van der Waals surface area contributed by atoms with Gasteiger partial charge in [0.05, 0.1) is 6.42 Å². The Morgan fingerprint density at radius 2 is 1.85 bits per heavy atom. The average molecular weight is 397 g/mol. The normalized spacial score (nSPS) is 13.1. The molecule has 0 aliphatic rings. The first-order chi connectivity index (χ1) is 12.2. The Labute approximate surface area is 158 Å². The molecule has 1 heterocycles. The van der Waals surface area contributed by atoms with Crippen LogP contribution in [-0.4, -0.2) is 45.0 Å². The van der Waals surface area contributed by atoms with Crippen LogP contribution in [0.4, 0.5) is 0 Å². The van der Waals surface area contributed by atoms with Gasteiger partial charge in [-0.05, 0) is 43.8 Å². The van der Waals surface area contributed by atoms with Crippen LogP contribution < -0.4 is 4.72 Å². The molecule has 8 heteroatoms. The van der Waals surface area contributed by atoms with E-state index in [9.17, 15) is 13.2 Å². The molecule has 1 atom stereocenters. The van der Waals surface area contributed by atoms with E-state index in [-0.39, 0.29) is 23.2 Å². The Morgan fingerprint density at radius 1 is 1.19 bits per heavy atom. The standard InChI is InChI=1S/C18H24N2O4S2/c1-4-13-5-7-14(8-6-13)16(20(2)3)12-19-26(23,24)18-10-9-15(25-18)11-17(21)22/h5-10,16,19H,4,11-12H2,1-3H3,(H,21,22). The third-order valence-corrected chi connectivity index (χ3v) is 7.09. The summed E-state index contributed by atoms with van der Waals surface area (Å²) >= 11 is 0.984. The number of carboxylic acids is 1. The summed E-state index contributed by atoms with van der Waals surface area (Å²) < 4.78 is 27.8. The largest absolute Gasteiger partial charge is 0.481 e. The molecule has 1 unspecified atom stereocenters. The number of carboxylic acid groups (broad SMARTS) is 1. The van der Waals surface area contributed by atoms with Crippen LogP contribution in [0.5, 0.6) is 0 Å². The van der Waals surface area contributed by atoms with Crippen molar-refractivity contribution >= 4 is 27.3 Å². The molecule has 26 heavy (non-hydrogen) atoms. The topological polar surface area (TPSA) is 86.7 Å². The quantitative estimate of drug-likeness (QED) is 0.680. The van der Waals surface area contributed by atoms with Crippen molar-refractivity contribution in [2.45, 2.75) is 30.0 Å². The highest BCUT2D eigenvalue weighted by molar-refractivity contribution is 7.91. The first-order valence-electron chi connectivity index (χ1n) is 8.28. The molecule has 0 amide bonds. The number of benzene rings is 1. The zero-order valence-electron chi connectivity index (χ0n) is 15.1. The van der Waals surface area contributed by atoms with E-state index in [0.29, 0.717) is 4.88 Å². The predicted molar refractivity (Wildman–Crippen MR) is 103 cm³/mol. The van der Waals surface area contributed by atoms with Crippen molar-refractivity contribution < 1.29 is 18.3 Å². The van der Waals surface area contributed by atoms with Crippen molar-refractivity contribution in [1.29, 1.82) is 0 Å². The number of aryl methyl sites for hydroxylation is 1. The van der Waals surface area contributed by atoms with Crippen molar-refractivity contribution in [2.24, 2.45) is 0 Å². The lowest BCUT2D eigenvalue weighted by atomic mass is 10.0. The van der Waals surface area contributed by atoms with Crippen molar-refractivity contribution in [2.75, 3.05) is 20.6 Å². The second-order valence-corrected chi connectivity index (χ2v) is 9.38. The summed E-state index contributed by atoms with van der Waals surface area (Å²) in [6, 6.07) is 11.0. The summed E-state index contributed by atoms with van der Waals surface area (Å²) in [4.78, 5) is 13.2. The molecule has 0 saturated carbocycles. The molecule has 142 valence electrons. The minimum Gasteiger partial charge on any atom is -0.481 e. The molecule has 1 aromatic heterocycles. The first-order valence-corrected chi connectivity index (χ1v) is 10.6. The van der Waals surface area contributed by atoms with Gasteiger partial charge >= 0.3 is 5.97 Å². The molecule has 0 radical (unpaired) electrons. The number of thiophene rings is 1. The van der Waals surface area contributed by atoms with Gasteiger partial charge in [-0.15, -0.1) is 11.3 Å². The van der Waals surface area contributed by atoms with E-state index < -0.39 is 16.0 Å². The molecule has 6 nitrogen and oxygen atoms in total. The molecule has 0 saturated heterocycles. The van der Waals surface area contributed by atoms with Crippen molar-refractivity contribution in [3.63, 3.8) is 0 Å². The van der Waals surface area contributed by atoms with Crippen LogP contribution in [0.25, 0.3) is 0 Å². The van der Waals surface area contributed by atoms with Gasteiger partial charge < -0.3 is 10.0 Å². The van der Waals surface area contributed by atoms with Gasteiger partial charge in [-0.2, -0.15) is 0 Å². The van der Waals surface area contributed by atoms with Gasteiger partial charge in [0.15, 0.2) is 0 Å².